The second-order valence-corrected chi connectivity index (χ2v) is 7.14. The highest BCUT2D eigenvalue weighted by atomic mass is 16.6. The van der Waals surface area contributed by atoms with Gasteiger partial charge in [-0.1, -0.05) is 12.1 Å². The van der Waals surface area contributed by atoms with Crippen LogP contribution in [0.2, 0.25) is 0 Å². The molecule has 158 valence electrons. The number of hydrogen-bond acceptors (Lipinski definition) is 6. The van der Waals surface area contributed by atoms with Gasteiger partial charge in [0.2, 0.25) is 11.8 Å². The van der Waals surface area contributed by atoms with Crippen LogP contribution < -0.4 is 21.3 Å². The van der Waals surface area contributed by atoms with Crippen molar-refractivity contribution in [2.75, 3.05) is 35.2 Å². The van der Waals surface area contributed by atoms with Crippen molar-refractivity contribution in [2.45, 2.75) is 25.7 Å². The minimum absolute atomic E-state index is 0.0422. The lowest BCUT2D eigenvalue weighted by Crippen LogP contribution is -2.30. The molecule has 2 aromatic carbocycles. The molecule has 0 saturated carbocycles. The molecule has 0 aromatic heterocycles. The van der Waals surface area contributed by atoms with Crippen LogP contribution in [0.25, 0.3) is 0 Å². The maximum Gasteiger partial charge on any atom is 0.292 e. The van der Waals surface area contributed by atoms with Crippen LogP contribution in [0.1, 0.15) is 36.0 Å². The summed E-state index contributed by atoms with van der Waals surface area (Å²) in [6, 6.07) is 11.4. The number of primary amides is 1. The summed E-state index contributed by atoms with van der Waals surface area (Å²) < 4.78 is 0. The molecule has 1 aliphatic rings. The third-order valence-corrected chi connectivity index (χ3v) is 5.02. The van der Waals surface area contributed by atoms with Gasteiger partial charge >= 0.3 is 0 Å². The number of hydrogen-bond donors (Lipinski definition) is 3. The van der Waals surface area contributed by atoms with E-state index in [0.717, 1.165) is 31.6 Å². The molecule has 9 nitrogen and oxygen atoms in total. The quantitative estimate of drug-likeness (QED) is 0.452. The van der Waals surface area contributed by atoms with Gasteiger partial charge in [-0.05, 0) is 43.5 Å². The number of nitrogens with zero attached hydrogens (tertiary/aromatic N) is 2. The van der Waals surface area contributed by atoms with Crippen molar-refractivity contribution in [1.29, 1.82) is 0 Å². The lowest BCUT2D eigenvalue weighted by Gasteiger charge is -2.30. The zero-order valence-corrected chi connectivity index (χ0v) is 16.6. The summed E-state index contributed by atoms with van der Waals surface area (Å²) >= 11 is 0. The summed E-state index contributed by atoms with van der Waals surface area (Å²) in [6.45, 7) is 2.00. The number of amides is 2. The highest BCUT2D eigenvalue weighted by Gasteiger charge is 2.18. The summed E-state index contributed by atoms with van der Waals surface area (Å²) in [5, 5.41) is 16.9. The van der Waals surface area contributed by atoms with Gasteiger partial charge in [0.05, 0.1) is 16.3 Å². The Morgan fingerprint density at radius 2 is 1.80 bits per heavy atom. The van der Waals surface area contributed by atoms with Crippen molar-refractivity contribution in [2.24, 2.45) is 5.73 Å². The van der Waals surface area contributed by atoms with Gasteiger partial charge in [-0.15, -0.1) is 0 Å². The van der Waals surface area contributed by atoms with E-state index in [9.17, 15) is 19.7 Å². The van der Waals surface area contributed by atoms with Gasteiger partial charge in [-0.2, -0.15) is 0 Å². The van der Waals surface area contributed by atoms with E-state index in [0.29, 0.717) is 16.9 Å². The van der Waals surface area contributed by atoms with Gasteiger partial charge in [-0.25, -0.2) is 0 Å². The van der Waals surface area contributed by atoms with E-state index < -0.39 is 10.8 Å². The average molecular weight is 411 g/mol. The summed E-state index contributed by atoms with van der Waals surface area (Å²) in [5.41, 5.74) is 7.44. The van der Waals surface area contributed by atoms with E-state index in [1.54, 1.807) is 30.3 Å². The summed E-state index contributed by atoms with van der Waals surface area (Å²) in [7, 11) is 0. The molecule has 1 saturated heterocycles. The van der Waals surface area contributed by atoms with E-state index in [-0.39, 0.29) is 24.6 Å². The number of piperidine rings is 1. The molecule has 0 spiro atoms. The Bertz CT molecular complexity index is 941. The number of anilines is 3. The minimum atomic E-state index is -0.561. The molecule has 2 amide bonds. The van der Waals surface area contributed by atoms with E-state index in [1.165, 1.54) is 12.5 Å². The number of nitrogens with one attached hydrogen (secondary N) is 2. The Morgan fingerprint density at radius 3 is 2.50 bits per heavy atom. The van der Waals surface area contributed by atoms with Gasteiger partial charge in [0.1, 0.15) is 5.69 Å². The molecule has 0 radical (unpaired) electrons. The normalized spacial score (nSPS) is 13.5. The van der Waals surface area contributed by atoms with Crippen LogP contribution in [0, 0.1) is 10.1 Å². The maximum atomic E-state index is 12.5. The lowest BCUT2D eigenvalue weighted by molar-refractivity contribution is -0.384. The summed E-state index contributed by atoms with van der Waals surface area (Å²) in [5.74, 6) is -0.824. The monoisotopic (exact) mass is 411 g/mol. The van der Waals surface area contributed by atoms with Crippen LogP contribution in [0.5, 0.6) is 0 Å². The molecule has 1 fully saturated rings. The number of para-hydroxylation sites is 2. The highest BCUT2D eigenvalue weighted by molar-refractivity contribution is 5.99. The van der Waals surface area contributed by atoms with Crippen molar-refractivity contribution in [1.82, 2.24) is 0 Å². The molecule has 30 heavy (non-hydrogen) atoms. The Kier molecular flexibility index (Phi) is 6.84. The first-order valence-corrected chi connectivity index (χ1v) is 9.91. The molecule has 2 aromatic rings. The Morgan fingerprint density at radius 1 is 1.07 bits per heavy atom. The summed E-state index contributed by atoms with van der Waals surface area (Å²) in [6.07, 6.45) is 3.43. The molecule has 1 aliphatic heterocycles. The Hall–Kier alpha value is -3.62. The molecular formula is C21H25N5O4. The molecule has 0 atom stereocenters. The van der Waals surface area contributed by atoms with Gasteiger partial charge in [0.15, 0.2) is 0 Å². The smallest absolute Gasteiger partial charge is 0.292 e. The van der Waals surface area contributed by atoms with Crippen molar-refractivity contribution >= 4 is 34.6 Å². The fourth-order valence-electron chi connectivity index (χ4n) is 3.51. The molecule has 0 unspecified atom stereocenters. The van der Waals surface area contributed by atoms with Crippen molar-refractivity contribution < 1.29 is 14.5 Å². The second kappa shape index (κ2) is 9.73. The fourth-order valence-corrected chi connectivity index (χ4v) is 3.51. The summed E-state index contributed by atoms with van der Waals surface area (Å²) in [4.78, 5) is 36.9. The first kappa shape index (κ1) is 21.1. The molecule has 0 aliphatic carbocycles. The van der Waals surface area contributed by atoms with Crippen LogP contribution in [0.3, 0.4) is 0 Å². The third kappa shape index (κ3) is 5.25. The van der Waals surface area contributed by atoms with Gasteiger partial charge in [0.25, 0.3) is 5.69 Å². The standard InChI is InChI=1S/C21H25N5O4/c22-21(28)15-8-9-18(25-12-4-1-5-13-25)17(14-15)24-20(27)10-11-23-16-6-2-3-7-19(16)26(29)30/h2-3,6-9,14,23H,1,4-5,10-13H2,(H2,22,28)(H,24,27). The second-order valence-electron chi connectivity index (χ2n) is 7.14. The molecular weight excluding hydrogens is 386 g/mol. The van der Waals surface area contributed by atoms with Crippen LogP contribution in [0.4, 0.5) is 22.7 Å². The molecule has 9 heteroatoms. The van der Waals surface area contributed by atoms with E-state index >= 15 is 0 Å². The number of nitro groups is 1. The number of carbonyl (C=O) groups is 2. The van der Waals surface area contributed by atoms with E-state index in [4.69, 9.17) is 5.73 Å². The molecule has 0 bridgehead atoms. The van der Waals surface area contributed by atoms with E-state index in [1.807, 2.05) is 6.07 Å². The zero-order valence-electron chi connectivity index (χ0n) is 16.6. The van der Waals surface area contributed by atoms with Crippen LogP contribution in [-0.4, -0.2) is 36.4 Å². The van der Waals surface area contributed by atoms with Gasteiger partial charge < -0.3 is 21.3 Å². The topological polar surface area (TPSA) is 131 Å². The molecule has 4 N–H and O–H groups in total. The minimum Gasteiger partial charge on any atom is -0.379 e. The number of nitro benzene ring substituents is 1. The molecule has 3 rings (SSSR count). The SMILES string of the molecule is NC(=O)c1ccc(N2CCCCC2)c(NC(=O)CCNc2ccccc2[N+](=O)[O-])c1. The van der Waals surface area contributed by atoms with Gasteiger partial charge in [-0.3, -0.25) is 19.7 Å². The van der Waals surface area contributed by atoms with Crippen LogP contribution in [0.15, 0.2) is 42.5 Å². The van der Waals surface area contributed by atoms with Crippen molar-refractivity contribution in [3.63, 3.8) is 0 Å². The Balaban J connectivity index is 1.67. The first-order chi connectivity index (χ1) is 14.5. The number of carbonyl (C=O) groups excluding carboxylic acids is 2. The first-order valence-electron chi connectivity index (χ1n) is 9.91. The largest absolute Gasteiger partial charge is 0.379 e. The number of nitrogens with two attached hydrogens (primary N) is 1. The third-order valence-electron chi connectivity index (χ3n) is 5.02. The highest BCUT2D eigenvalue weighted by Crippen LogP contribution is 2.30. The maximum absolute atomic E-state index is 12.5. The zero-order chi connectivity index (χ0) is 21.5. The van der Waals surface area contributed by atoms with Gasteiger partial charge in [0, 0.05) is 37.7 Å². The van der Waals surface area contributed by atoms with Crippen LogP contribution >= 0.6 is 0 Å². The fraction of sp³-hybridized carbons (Fsp3) is 0.333. The van der Waals surface area contributed by atoms with Crippen molar-refractivity contribution in [3.8, 4) is 0 Å². The van der Waals surface area contributed by atoms with Crippen molar-refractivity contribution in [3.05, 3.63) is 58.1 Å². The molecule has 1 heterocycles. The van der Waals surface area contributed by atoms with Crippen LogP contribution in [-0.2, 0) is 4.79 Å². The number of rotatable bonds is 8. The number of benzene rings is 2. The average Bonchev–Trinajstić information content (AvgIpc) is 2.74. The Labute approximate surface area is 174 Å². The predicted molar refractivity (Wildman–Crippen MR) is 116 cm³/mol. The predicted octanol–water partition coefficient (Wildman–Crippen LogP) is 3.12. The van der Waals surface area contributed by atoms with E-state index in [2.05, 4.69) is 15.5 Å². The lowest BCUT2D eigenvalue weighted by atomic mass is 10.1.